The molecule has 1 aliphatic rings. The van der Waals surface area contributed by atoms with Crippen molar-refractivity contribution in [3.63, 3.8) is 0 Å². The highest BCUT2D eigenvalue weighted by molar-refractivity contribution is 6.32. The van der Waals surface area contributed by atoms with Gasteiger partial charge in [-0.25, -0.2) is 4.98 Å². The van der Waals surface area contributed by atoms with Gasteiger partial charge < -0.3 is 5.32 Å². The lowest BCUT2D eigenvalue weighted by Gasteiger charge is -2.32. The SMILES string of the molecule is CC(Nc1ncccc1Cl)C1CCC1. The van der Waals surface area contributed by atoms with Crippen molar-refractivity contribution in [2.75, 3.05) is 5.32 Å². The summed E-state index contributed by atoms with van der Waals surface area (Å²) in [5.74, 6) is 1.61. The van der Waals surface area contributed by atoms with Crippen LogP contribution < -0.4 is 5.32 Å². The quantitative estimate of drug-likeness (QED) is 0.828. The number of anilines is 1. The van der Waals surface area contributed by atoms with E-state index in [2.05, 4.69) is 17.2 Å². The first-order valence-electron chi connectivity index (χ1n) is 5.14. The second-order valence-corrected chi connectivity index (χ2v) is 4.37. The normalized spacial score (nSPS) is 18.7. The molecule has 1 fully saturated rings. The van der Waals surface area contributed by atoms with Crippen LogP contribution in [0.1, 0.15) is 26.2 Å². The van der Waals surface area contributed by atoms with Gasteiger partial charge in [-0.2, -0.15) is 0 Å². The Bertz CT molecular complexity index is 310. The van der Waals surface area contributed by atoms with Gasteiger partial charge >= 0.3 is 0 Å². The topological polar surface area (TPSA) is 24.9 Å². The number of hydrogen-bond donors (Lipinski definition) is 1. The van der Waals surface area contributed by atoms with E-state index in [0.29, 0.717) is 11.1 Å². The molecule has 0 bridgehead atoms. The van der Waals surface area contributed by atoms with Crippen molar-refractivity contribution in [3.8, 4) is 0 Å². The van der Waals surface area contributed by atoms with E-state index in [1.807, 2.05) is 12.1 Å². The van der Waals surface area contributed by atoms with Crippen molar-refractivity contribution >= 4 is 17.4 Å². The molecule has 1 aliphatic carbocycles. The average molecular weight is 211 g/mol. The molecule has 76 valence electrons. The summed E-state index contributed by atoms with van der Waals surface area (Å²) in [4.78, 5) is 4.22. The molecule has 3 heteroatoms. The highest BCUT2D eigenvalue weighted by Crippen LogP contribution is 2.31. The third-order valence-electron chi connectivity index (χ3n) is 2.98. The van der Waals surface area contributed by atoms with Gasteiger partial charge in [-0.1, -0.05) is 18.0 Å². The van der Waals surface area contributed by atoms with E-state index >= 15 is 0 Å². The Labute approximate surface area is 89.7 Å². The fraction of sp³-hybridized carbons (Fsp3) is 0.545. The van der Waals surface area contributed by atoms with Crippen molar-refractivity contribution in [2.24, 2.45) is 5.92 Å². The molecule has 0 aromatic carbocycles. The predicted molar refractivity (Wildman–Crippen MR) is 59.7 cm³/mol. The Hall–Kier alpha value is -0.760. The largest absolute Gasteiger partial charge is 0.366 e. The minimum absolute atomic E-state index is 0.483. The fourth-order valence-electron chi connectivity index (χ4n) is 1.77. The van der Waals surface area contributed by atoms with Crippen LogP contribution in [0, 0.1) is 5.92 Å². The van der Waals surface area contributed by atoms with Gasteiger partial charge in [-0.15, -0.1) is 0 Å². The zero-order valence-electron chi connectivity index (χ0n) is 8.33. The van der Waals surface area contributed by atoms with Crippen molar-refractivity contribution < 1.29 is 0 Å². The average Bonchev–Trinajstić information content (AvgIpc) is 2.05. The van der Waals surface area contributed by atoms with E-state index in [1.54, 1.807) is 6.20 Å². The molecule has 0 spiro atoms. The first kappa shape index (κ1) is 9.78. The number of nitrogens with one attached hydrogen (secondary N) is 1. The maximum Gasteiger partial charge on any atom is 0.144 e. The summed E-state index contributed by atoms with van der Waals surface area (Å²) in [6, 6.07) is 4.20. The summed E-state index contributed by atoms with van der Waals surface area (Å²) >= 11 is 6.01. The number of aromatic nitrogens is 1. The van der Waals surface area contributed by atoms with Crippen LogP contribution in [0.2, 0.25) is 5.02 Å². The summed E-state index contributed by atoms with van der Waals surface area (Å²) < 4.78 is 0. The smallest absolute Gasteiger partial charge is 0.144 e. The zero-order chi connectivity index (χ0) is 9.97. The molecule has 0 aliphatic heterocycles. The maximum atomic E-state index is 6.01. The third-order valence-corrected chi connectivity index (χ3v) is 3.28. The van der Waals surface area contributed by atoms with E-state index in [0.717, 1.165) is 11.7 Å². The molecular formula is C11H15ClN2. The highest BCUT2D eigenvalue weighted by Gasteiger charge is 2.24. The molecule has 1 atom stereocenters. The molecule has 0 amide bonds. The fourth-order valence-corrected chi connectivity index (χ4v) is 1.94. The minimum atomic E-state index is 0.483. The number of nitrogens with zero attached hydrogens (tertiary/aromatic N) is 1. The van der Waals surface area contributed by atoms with Gasteiger partial charge in [0.1, 0.15) is 5.82 Å². The molecule has 0 saturated heterocycles. The van der Waals surface area contributed by atoms with Crippen molar-refractivity contribution in [1.82, 2.24) is 4.98 Å². The second-order valence-electron chi connectivity index (χ2n) is 3.96. The van der Waals surface area contributed by atoms with E-state index < -0.39 is 0 Å². The second kappa shape index (κ2) is 4.18. The maximum absolute atomic E-state index is 6.01. The van der Waals surface area contributed by atoms with Gasteiger partial charge in [0.25, 0.3) is 0 Å². The lowest BCUT2D eigenvalue weighted by Crippen LogP contribution is -2.31. The minimum Gasteiger partial charge on any atom is -0.366 e. The number of hydrogen-bond acceptors (Lipinski definition) is 2. The van der Waals surface area contributed by atoms with E-state index in [1.165, 1.54) is 19.3 Å². The van der Waals surface area contributed by atoms with Crippen LogP contribution in [0.4, 0.5) is 5.82 Å². The Morgan fingerprint density at radius 1 is 1.57 bits per heavy atom. The number of halogens is 1. The molecule has 1 saturated carbocycles. The van der Waals surface area contributed by atoms with Crippen molar-refractivity contribution in [2.45, 2.75) is 32.2 Å². The van der Waals surface area contributed by atoms with E-state index in [9.17, 15) is 0 Å². The van der Waals surface area contributed by atoms with Crippen LogP contribution in [-0.2, 0) is 0 Å². The first-order chi connectivity index (χ1) is 6.77. The summed E-state index contributed by atoms with van der Waals surface area (Å²) in [5, 5.41) is 4.08. The molecule has 0 radical (unpaired) electrons. The third kappa shape index (κ3) is 2.01. The van der Waals surface area contributed by atoms with Crippen LogP contribution in [0.5, 0.6) is 0 Å². The van der Waals surface area contributed by atoms with Crippen molar-refractivity contribution in [3.05, 3.63) is 23.4 Å². The Morgan fingerprint density at radius 2 is 2.36 bits per heavy atom. The van der Waals surface area contributed by atoms with E-state index in [-0.39, 0.29) is 0 Å². The van der Waals surface area contributed by atoms with Gasteiger partial charge in [0.2, 0.25) is 0 Å². The standard InChI is InChI=1S/C11H15ClN2/c1-8(9-4-2-5-9)14-11-10(12)6-3-7-13-11/h3,6-9H,2,4-5H2,1H3,(H,13,14). The van der Waals surface area contributed by atoms with Gasteiger partial charge in [0, 0.05) is 12.2 Å². The molecule has 1 unspecified atom stereocenters. The van der Waals surface area contributed by atoms with Gasteiger partial charge in [0.15, 0.2) is 0 Å². The monoisotopic (exact) mass is 210 g/mol. The molecule has 1 aromatic rings. The molecular weight excluding hydrogens is 196 g/mol. The molecule has 1 aromatic heterocycles. The summed E-state index contributed by atoms with van der Waals surface area (Å²) in [6.07, 6.45) is 5.80. The first-order valence-corrected chi connectivity index (χ1v) is 5.52. The molecule has 1 N–H and O–H groups in total. The van der Waals surface area contributed by atoms with Crippen LogP contribution in [0.15, 0.2) is 18.3 Å². The Balaban J connectivity index is 1.99. The van der Waals surface area contributed by atoms with Gasteiger partial charge in [-0.05, 0) is 37.8 Å². The van der Waals surface area contributed by atoms with Gasteiger partial charge in [0.05, 0.1) is 5.02 Å². The van der Waals surface area contributed by atoms with Crippen LogP contribution in [-0.4, -0.2) is 11.0 Å². The highest BCUT2D eigenvalue weighted by atomic mass is 35.5. The van der Waals surface area contributed by atoms with Crippen LogP contribution >= 0.6 is 11.6 Å². The molecule has 2 nitrogen and oxygen atoms in total. The lowest BCUT2D eigenvalue weighted by molar-refractivity contribution is 0.285. The summed E-state index contributed by atoms with van der Waals surface area (Å²) in [5.41, 5.74) is 0. The lowest BCUT2D eigenvalue weighted by atomic mass is 9.80. The summed E-state index contributed by atoms with van der Waals surface area (Å²) in [6.45, 7) is 2.20. The molecule has 14 heavy (non-hydrogen) atoms. The van der Waals surface area contributed by atoms with E-state index in [4.69, 9.17) is 11.6 Å². The van der Waals surface area contributed by atoms with Crippen molar-refractivity contribution in [1.29, 1.82) is 0 Å². The van der Waals surface area contributed by atoms with Crippen LogP contribution in [0.3, 0.4) is 0 Å². The number of pyridine rings is 1. The Kier molecular flexibility index (Phi) is 2.92. The Morgan fingerprint density at radius 3 is 2.93 bits per heavy atom. The van der Waals surface area contributed by atoms with Gasteiger partial charge in [-0.3, -0.25) is 0 Å². The molecule has 1 heterocycles. The summed E-state index contributed by atoms with van der Waals surface area (Å²) in [7, 11) is 0. The zero-order valence-corrected chi connectivity index (χ0v) is 9.09. The van der Waals surface area contributed by atoms with Crippen LogP contribution in [0.25, 0.3) is 0 Å². The number of rotatable bonds is 3. The predicted octanol–water partition coefficient (Wildman–Crippen LogP) is 3.34. The molecule has 2 rings (SSSR count).